The Bertz CT molecular complexity index is 265. The van der Waals surface area contributed by atoms with Gasteiger partial charge in [0.25, 0.3) is 0 Å². The van der Waals surface area contributed by atoms with Gasteiger partial charge < -0.3 is 4.74 Å². The molecule has 0 aromatic heterocycles. The Labute approximate surface area is 76.0 Å². The molecule has 2 nitrogen and oxygen atoms in total. The van der Waals surface area contributed by atoms with Crippen molar-refractivity contribution in [2.45, 2.75) is 36.9 Å². The minimum Gasteiger partial charge on any atom is -0.460 e. The topological polar surface area (TPSA) is 26.3 Å². The van der Waals surface area contributed by atoms with Crippen molar-refractivity contribution in [1.29, 1.82) is 0 Å². The zero-order valence-electron chi connectivity index (χ0n) is 7.24. The molecule has 5 atom stereocenters. The van der Waals surface area contributed by atoms with E-state index in [1.807, 2.05) is 11.8 Å². The molecule has 0 amide bonds. The second kappa shape index (κ2) is 1.84. The molecule has 0 aliphatic carbocycles. The Morgan fingerprint density at radius 1 is 1.67 bits per heavy atom. The summed E-state index contributed by atoms with van der Waals surface area (Å²) in [6, 6.07) is 0. The van der Waals surface area contributed by atoms with E-state index in [9.17, 15) is 4.79 Å². The summed E-state index contributed by atoms with van der Waals surface area (Å²) in [5.41, 5.74) is -0.132. The molecule has 0 N–H and O–H groups in total. The molecule has 3 aliphatic rings. The predicted octanol–water partition coefficient (Wildman–Crippen LogP) is 1.44. The Hall–Kier alpha value is -0.180. The Morgan fingerprint density at radius 3 is 3.00 bits per heavy atom. The predicted molar refractivity (Wildman–Crippen MR) is 46.9 cm³/mol. The van der Waals surface area contributed by atoms with Crippen LogP contribution in [0.25, 0.3) is 0 Å². The van der Waals surface area contributed by atoms with Crippen LogP contribution < -0.4 is 0 Å². The van der Waals surface area contributed by atoms with Crippen LogP contribution in [0.15, 0.2) is 0 Å². The second-order valence-corrected chi connectivity index (χ2v) is 5.83. The fourth-order valence-corrected chi connectivity index (χ4v) is 4.96. The summed E-state index contributed by atoms with van der Waals surface area (Å²) in [4.78, 5) is 11.5. The van der Waals surface area contributed by atoms with E-state index in [4.69, 9.17) is 4.74 Å². The quantitative estimate of drug-likeness (QED) is 0.533. The number of hydrogen-bond acceptors (Lipinski definition) is 3. The summed E-state index contributed by atoms with van der Waals surface area (Å²) < 4.78 is 5.39. The number of carbonyl (C=O) groups is 1. The highest BCUT2D eigenvalue weighted by Gasteiger charge is 2.67. The molecule has 12 heavy (non-hydrogen) atoms. The summed E-state index contributed by atoms with van der Waals surface area (Å²) in [7, 11) is 0. The number of rotatable bonds is 0. The smallest absolute Gasteiger partial charge is 0.313 e. The molecule has 3 heterocycles. The molecule has 0 aromatic carbocycles. The third-order valence-corrected chi connectivity index (χ3v) is 5.71. The number of thioether (sulfide) groups is 1. The molecule has 0 saturated carbocycles. The van der Waals surface area contributed by atoms with Crippen molar-refractivity contribution in [3.8, 4) is 0 Å². The number of esters is 1. The summed E-state index contributed by atoms with van der Waals surface area (Å²) in [5.74, 6) is 0.636. The first-order valence-electron chi connectivity index (χ1n) is 4.49. The van der Waals surface area contributed by atoms with Gasteiger partial charge in [-0.1, -0.05) is 6.92 Å². The largest absolute Gasteiger partial charge is 0.460 e. The second-order valence-electron chi connectivity index (χ2n) is 4.45. The molecule has 0 spiro atoms. The third-order valence-electron chi connectivity index (χ3n) is 3.69. The van der Waals surface area contributed by atoms with Crippen molar-refractivity contribution in [3.05, 3.63) is 0 Å². The van der Waals surface area contributed by atoms with E-state index in [2.05, 4.69) is 13.8 Å². The maximum atomic E-state index is 11.5. The Morgan fingerprint density at radius 2 is 2.42 bits per heavy atom. The van der Waals surface area contributed by atoms with Crippen molar-refractivity contribution in [2.24, 2.45) is 11.3 Å². The minimum atomic E-state index is -0.132. The highest BCUT2D eigenvalue weighted by atomic mass is 32.2. The average molecular weight is 184 g/mol. The lowest BCUT2D eigenvalue weighted by molar-refractivity contribution is -0.147. The van der Waals surface area contributed by atoms with E-state index in [-0.39, 0.29) is 17.5 Å². The molecule has 3 fully saturated rings. The van der Waals surface area contributed by atoms with Crippen LogP contribution in [-0.4, -0.2) is 22.6 Å². The summed E-state index contributed by atoms with van der Waals surface area (Å²) in [5, 5.41) is 1.14. The number of carbonyl (C=O) groups excluding carboxylic acids is 1. The van der Waals surface area contributed by atoms with Crippen LogP contribution in [0.3, 0.4) is 0 Å². The number of fused-ring (bicyclic) bond motifs is 1. The Balaban J connectivity index is 2.09. The van der Waals surface area contributed by atoms with Gasteiger partial charge >= 0.3 is 5.97 Å². The molecule has 2 bridgehead atoms. The van der Waals surface area contributed by atoms with Gasteiger partial charge in [-0.25, -0.2) is 0 Å². The average Bonchev–Trinajstić information content (AvgIpc) is 2.53. The summed E-state index contributed by atoms with van der Waals surface area (Å²) >= 11 is 1.98. The lowest BCUT2D eigenvalue weighted by Gasteiger charge is -2.25. The maximum absolute atomic E-state index is 11.5. The lowest BCUT2D eigenvalue weighted by atomic mass is 9.73. The van der Waals surface area contributed by atoms with Crippen LogP contribution in [-0.2, 0) is 9.53 Å². The molecule has 0 radical (unpaired) electrons. The van der Waals surface area contributed by atoms with Gasteiger partial charge in [0.2, 0.25) is 0 Å². The van der Waals surface area contributed by atoms with Crippen molar-refractivity contribution >= 4 is 17.7 Å². The van der Waals surface area contributed by atoms with Gasteiger partial charge in [-0.2, -0.15) is 0 Å². The van der Waals surface area contributed by atoms with Crippen molar-refractivity contribution in [3.63, 3.8) is 0 Å². The zero-order chi connectivity index (χ0) is 8.51. The van der Waals surface area contributed by atoms with Gasteiger partial charge in [-0.05, 0) is 13.3 Å². The molecule has 3 heteroatoms. The molecule has 3 saturated heterocycles. The van der Waals surface area contributed by atoms with Crippen molar-refractivity contribution in [2.75, 3.05) is 0 Å². The zero-order valence-corrected chi connectivity index (χ0v) is 8.06. The first-order chi connectivity index (χ1) is 5.63. The van der Waals surface area contributed by atoms with Crippen molar-refractivity contribution < 1.29 is 9.53 Å². The summed E-state index contributed by atoms with van der Waals surface area (Å²) in [6.45, 7) is 4.28. The minimum absolute atomic E-state index is 0.0526. The normalized spacial score (nSPS) is 61.0. The van der Waals surface area contributed by atoms with Gasteiger partial charge in [0.1, 0.15) is 6.10 Å². The van der Waals surface area contributed by atoms with E-state index in [1.54, 1.807) is 0 Å². The van der Waals surface area contributed by atoms with Gasteiger partial charge in [0.15, 0.2) is 0 Å². The maximum Gasteiger partial charge on any atom is 0.313 e. The monoisotopic (exact) mass is 184 g/mol. The van der Waals surface area contributed by atoms with Gasteiger partial charge in [-0.15, -0.1) is 11.8 Å². The molecule has 66 valence electrons. The highest BCUT2D eigenvalue weighted by Crippen LogP contribution is 2.63. The van der Waals surface area contributed by atoms with Crippen molar-refractivity contribution in [1.82, 2.24) is 0 Å². The molecular weight excluding hydrogens is 172 g/mol. The van der Waals surface area contributed by atoms with Crippen LogP contribution in [0.2, 0.25) is 0 Å². The third kappa shape index (κ3) is 0.563. The van der Waals surface area contributed by atoms with Crippen LogP contribution in [0.1, 0.15) is 20.3 Å². The highest BCUT2D eigenvalue weighted by molar-refractivity contribution is 8.01. The van der Waals surface area contributed by atoms with E-state index in [1.165, 1.54) is 0 Å². The summed E-state index contributed by atoms with van der Waals surface area (Å²) in [6.07, 6.45) is 1.27. The van der Waals surface area contributed by atoms with Crippen LogP contribution >= 0.6 is 11.8 Å². The van der Waals surface area contributed by atoms with Gasteiger partial charge in [0, 0.05) is 11.2 Å². The lowest BCUT2D eigenvalue weighted by Crippen LogP contribution is -2.36. The van der Waals surface area contributed by atoms with E-state index in [0.717, 1.165) is 6.42 Å². The molecule has 3 rings (SSSR count). The molecular formula is C9H12O2S. The number of ether oxygens (including phenoxy) is 1. The molecule has 5 unspecified atom stereocenters. The van der Waals surface area contributed by atoms with E-state index in [0.29, 0.717) is 16.4 Å². The first kappa shape index (κ1) is 7.25. The SMILES string of the molecule is CC1C2CC3(C)C(=O)OC1C3S2. The molecule has 0 aromatic rings. The number of hydrogen-bond donors (Lipinski definition) is 0. The van der Waals surface area contributed by atoms with Crippen LogP contribution in [0.5, 0.6) is 0 Å². The van der Waals surface area contributed by atoms with Gasteiger partial charge in [0.05, 0.1) is 10.7 Å². The first-order valence-corrected chi connectivity index (χ1v) is 5.44. The van der Waals surface area contributed by atoms with E-state index >= 15 is 0 Å². The van der Waals surface area contributed by atoms with Crippen LogP contribution in [0.4, 0.5) is 0 Å². The fourth-order valence-electron chi connectivity index (χ4n) is 2.78. The Kier molecular flexibility index (Phi) is 1.11. The molecule has 3 aliphatic heterocycles. The standard InChI is InChI=1S/C9H12O2S/c1-4-5-3-9(2)7(12-5)6(4)11-8(9)10/h4-7H,3H2,1-2H3. The van der Waals surface area contributed by atoms with E-state index < -0.39 is 0 Å². The van der Waals surface area contributed by atoms with Gasteiger partial charge in [-0.3, -0.25) is 4.79 Å². The van der Waals surface area contributed by atoms with Crippen LogP contribution in [0, 0.1) is 11.3 Å². The fraction of sp³-hybridized carbons (Fsp3) is 0.889.